The van der Waals surface area contributed by atoms with Crippen LogP contribution >= 0.6 is 0 Å². The second-order valence-electron chi connectivity index (χ2n) is 8.30. The number of fused-ring (bicyclic) bond motifs is 5. The van der Waals surface area contributed by atoms with E-state index in [2.05, 4.69) is 14.0 Å². The number of piperidine rings is 1. The number of rotatable bonds is 7. The first-order valence-corrected chi connectivity index (χ1v) is 9.95. The average Bonchev–Trinajstić information content (AvgIpc) is 3.40. The third kappa shape index (κ3) is 3.69. The molecule has 0 saturated carbocycles. The highest BCUT2D eigenvalue weighted by Gasteiger charge is 2.71. The Balaban J connectivity index is 0.00000210. The van der Waals surface area contributed by atoms with E-state index in [4.69, 9.17) is 9.47 Å². The van der Waals surface area contributed by atoms with Crippen molar-refractivity contribution in [2.75, 3.05) is 20.2 Å². The van der Waals surface area contributed by atoms with E-state index in [0.717, 1.165) is 22.9 Å². The van der Waals surface area contributed by atoms with Gasteiger partial charge in [-0.05, 0) is 12.0 Å². The number of morpholine rings is 1. The largest absolute Gasteiger partial charge is 1.00 e. The number of aliphatic hydroxyl groups is 1. The number of ether oxygens (including phenoxy) is 2. The average molecular weight is 440 g/mol. The number of quaternary nitrogens is 1. The molecule has 1 aromatic carbocycles. The van der Waals surface area contributed by atoms with Gasteiger partial charge in [0, 0.05) is 12.8 Å². The minimum absolute atomic E-state index is 0. The van der Waals surface area contributed by atoms with E-state index in [1.807, 2.05) is 30.3 Å². The molecule has 27 heavy (non-hydrogen) atoms. The van der Waals surface area contributed by atoms with Crippen LogP contribution in [0.4, 0.5) is 0 Å². The summed E-state index contributed by atoms with van der Waals surface area (Å²) in [4.78, 5) is 12.7. The Kier molecular flexibility index (Phi) is 6.31. The molecule has 3 aliphatic rings. The second-order valence-corrected chi connectivity index (χ2v) is 8.30. The number of nitrogens with zero attached hydrogens (tertiary/aromatic N) is 1. The molecule has 150 valence electrons. The van der Waals surface area contributed by atoms with Gasteiger partial charge in [0.15, 0.2) is 0 Å². The number of carbonyl (C=O) groups is 1. The van der Waals surface area contributed by atoms with E-state index in [0.29, 0.717) is 24.3 Å². The molecule has 5 nitrogen and oxygen atoms in total. The van der Waals surface area contributed by atoms with Gasteiger partial charge in [-0.1, -0.05) is 43.7 Å². The van der Waals surface area contributed by atoms with Crippen molar-refractivity contribution in [1.82, 2.24) is 0 Å². The van der Waals surface area contributed by atoms with Crippen molar-refractivity contribution in [2.24, 2.45) is 0 Å². The van der Waals surface area contributed by atoms with Crippen molar-refractivity contribution in [1.29, 1.82) is 0 Å². The molecule has 0 aliphatic carbocycles. The Bertz CT molecular complexity index is 637. The first-order valence-electron chi connectivity index (χ1n) is 9.95. The van der Waals surface area contributed by atoms with Crippen molar-refractivity contribution in [2.45, 2.75) is 68.9 Å². The van der Waals surface area contributed by atoms with Gasteiger partial charge in [-0.3, -0.25) is 4.79 Å². The van der Waals surface area contributed by atoms with Gasteiger partial charge >= 0.3 is 5.97 Å². The van der Waals surface area contributed by atoms with Gasteiger partial charge in [-0.25, -0.2) is 0 Å². The summed E-state index contributed by atoms with van der Waals surface area (Å²) in [5, 5.41) is 9.70. The Morgan fingerprint density at radius 2 is 1.89 bits per heavy atom. The SMILES string of the molecule is CCCC[N+]1(C)C2CC(OC(=O)[C@@H](CO)c3ccccc3)CC1C1OC12.[Br-]. The summed E-state index contributed by atoms with van der Waals surface area (Å²) in [7, 11) is 2.36. The molecule has 3 heterocycles. The predicted octanol–water partition coefficient (Wildman–Crippen LogP) is -0.763. The molecule has 3 fully saturated rings. The molecule has 1 N–H and O–H groups in total. The zero-order chi connectivity index (χ0) is 18.3. The number of hydrogen-bond donors (Lipinski definition) is 1. The molecule has 4 unspecified atom stereocenters. The number of unbranched alkanes of at least 4 members (excludes halogenated alkanes) is 1. The predicted molar refractivity (Wildman–Crippen MR) is 97.6 cm³/mol. The lowest BCUT2D eigenvalue weighted by atomic mass is 9.94. The highest BCUT2D eigenvalue weighted by Crippen LogP contribution is 2.52. The lowest BCUT2D eigenvalue weighted by molar-refractivity contribution is -0.956. The van der Waals surface area contributed by atoms with E-state index in [1.165, 1.54) is 19.4 Å². The fraction of sp³-hybridized carbons (Fsp3) is 0.667. The van der Waals surface area contributed by atoms with Crippen molar-refractivity contribution < 1.29 is 40.8 Å². The molecule has 0 radical (unpaired) electrons. The van der Waals surface area contributed by atoms with Crippen LogP contribution in [0.1, 0.15) is 44.1 Å². The molecule has 3 aliphatic heterocycles. The smallest absolute Gasteiger partial charge is 0.316 e. The Hall–Kier alpha value is -0.950. The maximum Gasteiger partial charge on any atom is 0.316 e. The lowest BCUT2D eigenvalue weighted by Gasteiger charge is -2.48. The Morgan fingerprint density at radius 1 is 1.26 bits per heavy atom. The molecule has 6 heteroatoms. The van der Waals surface area contributed by atoms with Crippen LogP contribution in [-0.4, -0.2) is 66.2 Å². The quantitative estimate of drug-likeness (QED) is 0.344. The van der Waals surface area contributed by atoms with Crippen LogP contribution in [0.2, 0.25) is 0 Å². The van der Waals surface area contributed by atoms with Crippen LogP contribution in [-0.2, 0) is 14.3 Å². The van der Waals surface area contributed by atoms with Crippen molar-refractivity contribution in [3.8, 4) is 0 Å². The Labute approximate surface area is 172 Å². The maximum absolute atomic E-state index is 12.7. The highest BCUT2D eigenvalue weighted by molar-refractivity contribution is 5.78. The summed E-state index contributed by atoms with van der Waals surface area (Å²) in [6.07, 6.45) is 4.83. The second kappa shape index (κ2) is 8.19. The van der Waals surface area contributed by atoms with E-state index in [9.17, 15) is 9.90 Å². The maximum atomic E-state index is 12.7. The minimum atomic E-state index is -0.595. The third-order valence-electron chi connectivity index (χ3n) is 6.79. The van der Waals surface area contributed by atoms with Gasteiger partial charge in [-0.15, -0.1) is 0 Å². The van der Waals surface area contributed by atoms with Crippen molar-refractivity contribution in [3.05, 3.63) is 35.9 Å². The molecule has 0 aromatic heterocycles. The summed E-state index contributed by atoms with van der Waals surface area (Å²) in [6.45, 7) is 3.20. The monoisotopic (exact) mass is 439 g/mol. The number of epoxide rings is 1. The van der Waals surface area contributed by atoms with E-state index in [1.54, 1.807) is 0 Å². The fourth-order valence-corrected chi connectivity index (χ4v) is 5.23. The zero-order valence-corrected chi connectivity index (χ0v) is 17.7. The number of benzene rings is 1. The fourth-order valence-electron chi connectivity index (χ4n) is 5.23. The van der Waals surface area contributed by atoms with E-state index < -0.39 is 5.92 Å². The zero-order valence-electron chi connectivity index (χ0n) is 16.1. The van der Waals surface area contributed by atoms with Crippen molar-refractivity contribution in [3.63, 3.8) is 0 Å². The molecule has 1 aromatic rings. The normalized spacial score (nSPS) is 37.1. The first kappa shape index (κ1) is 20.8. The molecule has 5 atom stereocenters. The first-order chi connectivity index (χ1) is 12.6. The molecule has 0 spiro atoms. The molecular formula is C21H30BrNO4. The highest BCUT2D eigenvalue weighted by atomic mass is 79.9. The topological polar surface area (TPSA) is 59.1 Å². The molecule has 4 rings (SSSR count). The lowest BCUT2D eigenvalue weighted by Crippen LogP contribution is -3.00. The van der Waals surface area contributed by atoms with Gasteiger partial charge in [0.1, 0.15) is 36.3 Å². The van der Waals surface area contributed by atoms with Crippen LogP contribution < -0.4 is 17.0 Å². The molecular weight excluding hydrogens is 410 g/mol. The van der Waals surface area contributed by atoms with Gasteiger partial charge in [0.25, 0.3) is 0 Å². The van der Waals surface area contributed by atoms with E-state index in [-0.39, 0.29) is 35.7 Å². The van der Waals surface area contributed by atoms with Gasteiger partial charge < -0.3 is 36.0 Å². The molecule has 0 amide bonds. The summed E-state index contributed by atoms with van der Waals surface area (Å²) in [5.74, 6) is -0.898. The summed E-state index contributed by atoms with van der Waals surface area (Å²) >= 11 is 0. The van der Waals surface area contributed by atoms with E-state index >= 15 is 0 Å². The van der Waals surface area contributed by atoms with Crippen LogP contribution in [0.5, 0.6) is 0 Å². The van der Waals surface area contributed by atoms with Gasteiger partial charge in [-0.2, -0.15) is 0 Å². The Morgan fingerprint density at radius 3 is 2.44 bits per heavy atom. The van der Waals surface area contributed by atoms with Gasteiger partial charge in [0.05, 0.1) is 20.2 Å². The third-order valence-corrected chi connectivity index (χ3v) is 6.79. The number of esters is 1. The van der Waals surface area contributed by atoms with Crippen LogP contribution in [0.25, 0.3) is 0 Å². The number of hydrogen-bond acceptors (Lipinski definition) is 4. The molecule has 3 saturated heterocycles. The van der Waals surface area contributed by atoms with Gasteiger partial charge in [0.2, 0.25) is 0 Å². The number of aliphatic hydroxyl groups excluding tert-OH is 1. The van der Waals surface area contributed by atoms with Crippen LogP contribution in [0, 0.1) is 0 Å². The van der Waals surface area contributed by atoms with Crippen molar-refractivity contribution >= 4 is 5.97 Å². The standard InChI is InChI=1S/C21H30NO4.BrH/c1-3-4-10-22(2)17-11-15(12-18(22)20-19(17)26-20)25-21(24)16(13-23)14-8-6-5-7-9-14;/h5-9,15-20,23H,3-4,10-13H2,1-2H3;1H/q+1;/p-1/t15?,16-,17?,18?,19?,20?,22?;/m0./s1. The summed E-state index contributed by atoms with van der Waals surface area (Å²) in [5.41, 5.74) is 0.813. The van der Waals surface area contributed by atoms with Crippen LogP contribution in [0.3, 0.4) is 0 Å². The van der Waals surface area contributed by atoms with Crippen LogP contribution in [0.15, 0.2) is 30.3 Å². The minimum Gasteiger partial charge on any atom is -1.00 e. The molecule has 2 bridgehead atoms. The summed E-state index contributed by atoms with van der Waals surface area (Å²) < 4.78 is 12.9. The number of likely N-dealkylation sites (N-methyl/N-ethyl adjacent to an activating group) is 1. The summed E-state index contributed by atoms with van der Waals surface area (Å²) in [6, 6.07) is 10.3. The number of carbonyl (C=O) groups excluding carboxylic acids is 1. The number of halogens is 1.